The summed E-state index contributed by atoms with van der Waals surface area (Å²) in [5, 5.41) is 8.94. The summed E-state index contributed by atoms with van der Waals surface area (Å²) in [7, 11) is 0. The van der Waals surface area contributed by atoms with E-state index in [1.165, 1.54) is 38.2 Å². The van der Waals surface area contributed by atoms with E-state index in [4.69, 9.17) is 9.84 Å². The Morgan fingerprint density at radius 2 is 1.96 bits per heavy atom. The van der Waals surface area contributed by atoms with Crippen molar-refractivity contribution in [3.05, 3.63) is 11.6 Å². The fourth-order valence-electron chi connectivity index (χ4n) is 6.15. The zero-order chi connectivity index (χ0) is 16.9. The predicted molar refractivity (Wildman–Crippen MR) is 91.3 cm³/mol. The molecule has 3 nitrogen and oxygen atoms in total. The Hall–Kier alpha value is -0.830. The molecule has 3 rings (SSSR count). The highest BCUT2D eigenvalue weighted by molar-refractivity contribution is 5.80. The molecule has 0 bridgehead atoms. The molecule has 0 aromatic rings. The minimum absolute atomic E-state index is 0.113. The first-order valence-corrected chi connectivity index (χ1v) is 9.24. The number of rotatable bonds is 4. The Morgan fingerprint density at radius 1 is 1.26 bits per heavy atom. The molecular formula is C20H32O3. The third-order valence-electron chi connectivity index (χ3n) is 7.28. The van der Waals surface area contributed by atoms with Gasteiger partial charge in [-0.1, -0.05) is 32.8 Å². The van der Waals surface area contributed by atoms with Crippen molar-refractivity contribution in [3.8, 4) is 0 Å². The van der Waals surface area contributed by atoms with Crippen LogP contribution in [-0.4, -0.2) is 23.3 Å². The molecule has 0 aromatic heterocycles. The molecule has 1 saturated heterocycles. The summed E-state index contributed by atoms with van der Waals surface area (Å²) in [6.07, 6.45) is 9.77. The second-order valence-corrected chi connectivity index (χ2v) is 9.21. The van der Waals surface area contributed by atoms with E-state index < -0.39 is 5.97 Å². The van der Waals surface area contributed by atoms with Gasteiger partial charge in [0, 0.05) is 6.08 Å². The van der Waals surface area contributed by atoms with E-state index in [9.17, 15) is 4.79 Å². The van der Waals surface area contributed by atoms with Crippen LogP contribution in [0, 0.1) is 22.7 Å². The summed E-state index contributed by atoms with van der Waals surface area (Å²) in [6.45, 7) is 10.3. The number of allylic oxidation sites excluding steroid dienone is 1. The Morgan fingerprint density at radius 3 is 2.57 bits per heavy atom. The van der Waals surface area contributed by atoms with Crippen LogP contribution < -0.4 is 0 Å². The van der Waals surface area contributed by atoms with Crippen molar-refractivity contribution in [2.75, 3.05) is 6.61 Å². The zero-order valence-electron chi connectivity index (χ0n) is 15.2. The van der Waals surface area contributed by atoms with E-state index in [2.05, 4.69) is 20.8 Å². The van der Waals surface area contributed by atoms with Crippen LogP contribution >= 0.6 is 0 Å². The lowest BCUT2D eigenvalue weighted by Crippen LogP contribution is -2.54. The van der Waals surface area contributed by atoms with E-state index >= 15 is 0 Å². The van der Waals surface area contributed by atoms with Crippen LogP contribution in [0.5, 0.6) is 0 Å². The van der Waals surface area contributed by atoms with Gasteiger partial charge in [-0.25, -0.2) is 4.79 Å². The topological polar surface area (TPSA) is 49.8 Å². The molecule has 0 radical (unpaired) electrons. The minimum Gasteiger partial charge on any atom is -0.478 e. The average molecular weight is 320 g/mol. The summed E-state index contributed by atoms with van der Waals surface area (Å²) in [6, 6.07) is 0. The van der Waals surface area contributed by atoms with E-state index in [0.717, 1.165) is 30.9 Å². The standard InChI is InChI=1S/C20H32O3/c1-14(12-17(21)22)6-7-16-19(4)10-5-9-18(2,3)15(19)8-11-20(16)13-23-20/h12,15-16H,5-11,13H2,1-4H3,(H,21,22)/b14-12+/t15-,16+,19-,20-/m1/s1. The summed E-state index contributed by atoms with van der Waals surface area (Å²) in [5.41, 5.74) is 1.87. The minimum atomic E-state index is -0.827. The Balaban J connectivity index is 1.82. The van der Waals surface area contributed by atoms with Crippen LogP contribution in [0.2, 0.25) is 0 Å². The normalized spacial score (nSPS) is 42.3. The van der Waals surface area contributed by atoms with Gasteiger partial charge in [-0.3, -0.25) is 0 Å². The number of aliphatic carboxylic acids is 1. The zero-order valence-corrected chi connectivity index (χ0v) is 15.2. The average Bonchev–Trinajstić information content (AvgIpc) is 3.16. The van der Waals surface area contributed by atoms with E-state index in [-0.39, 0.29) is 5.60 Å². The molecule has 130 valence electrons. The Kier molecular flexibility index (Phi) is 4.15. The number of epoxide rings is 1. The van der Waals surface area contributed by atoms with Crippen molar-refractivity contribution in [3.63, 3.8) is 0 Å². The third kappa shape index (κ3) is 2.97. The largest absolute Gasteiger partial charge is 0.478 e. The Labute approximate surface area is 140 Å². The number of carboxylic acid groups (broad SMARTS) is 1. The van der Waals surface area contributed by atoms with Gasteiger partial charge in [-0.05, 0) is 68.1 Å². The Bertz CT molecular complexity index is 515. The number of carbonyl (C=O) groups is 1. The van der Waals surface area contributed by atoms with Crippen LogP contribution in [0.25, 0.3) is 0 Å². The van der Waals surface area contributed by atoms with Crippen LogP contribution in [0.15, 0.2) is 11.6 Å². The highest BCUT2D eigenvalue weighted by Crippen LogP contribution is 2.66. The maximum absolute atomic E-state index is 10.9. The molecule has 1 heterocycles. The van der Waals surface area contributed by atoms with Crippen LogP contribution in [0.1, 0.15) is 72.6 Å². The predicted octanol–water partition coefficient (Wildman–Crippen LogP) is 4.81. The van der Waals surface area contributed by atoms with Gasteiger partial charge in [0.15, 0.2) is 0 Å². The molecule has 0 amide bonds. The first-order chi connectivity index (χ1) is 10.7. The number of carboxylic acids is 1. The highest BCUT2D eigenvalue weighted by atomic mass is 16.6. The molecule has 0 aromatic carbocycles. The van der Waals surface area contributed by atoms with Crippen molar-refractivity contribution in [1.82, 2.24) is 0 Å². The second kappa shape index (κ2) is 5.61. The lowest BCUT2D eigenvalue weighted by atomic mass is 9.45. The maximum Gasteiger partial charge on any atom is 0.328 e. The number of hydrogen-bond donors (Lipinski definition) is 1. The molecule has 1 N–H and O–H groups in total. The monoisotopic (exact) mass is 320 g/mol. The van der Waals surface area contributed by atoms with Gasteiger partial charge in [0.1, 0.15) is 0 Å². The lowest BCUT2D eigenvalue weighted by molar-refractivity contribution is -0.131. The van der Waals surface area contributed by atoms with Gasteiger partial charge in [-0.2, -0.15) is 0 Å². The van der Waals surface area contributed by atoms with Gasteiger partial charge in [0.2, 0.25) is 0 Å². The van der Waals surface area contributed by atoms with Gasteiger partial charge < -0.3 is 9.84 Å². The molecule has 3 heteroatoms. The quantitative estimate of drug-likeness (QED) is 0.597. The molecule has 4 atom stereocenters. The van der Waals surface area contributed by atoms with Crippen molar-refractivity contribution in [2.24, 2.45) is 22.7 Å². The fourth-order valence-corrected chi connectivity index (χ4v) is 6.15. The maximum atomic E-state index is 10.9. The highest BCUT2D eigenvalue weighted by Gasteiger charge is 2.64. The number of hydrogen-bond acceptors (Lipinski definition) is 2. The molecule has 2 saturated carbocycles. The lowest BCUT2D eigenvalue weighted by Gasteiger charge is -2.59. The molecular weight excluding hydrogens is 288 g/mol. The van der Waals surface area contributed by atoms with Crippen LogP contribution in [0.4, 0.5) is 0 Å². The first-order valence-electron chi connectivity index (χ1n) is 9.24. The van der Waals surface area contributed by atoms with Gasteiger partial charge in [0.05, 0.1) is 12.2 Å². The second-order valence-electron chi connectivity index (χ2n) is 9.21. The third-order valence-corrected chi connectivity index (χ3v) is 7.28. The van der Waals surface area contributed by atoms with Crippen molar-refractivity contribution >= 4 is 5.97 Å². The summed E-state index contributed by atoms with van der Waals surface area (Å²) >= 11 is 0. The summed E-state index contributed by atoms with van der Waals surface area (Å²) in [4.78, 5) is 10.9. The van der Waals surface area contributed by atoms with E-state index in [1.54, 1.807) is 0 Å². The van der Waals surface area contributed by atoms with Crippen molar-refractivity contribution < 1.29 is 14.6 Å². The first kappa shape index (κ1) is 17.0. The SMILES string of the molecule is C/C(=C\C(=O)O)CC[C@@H]1[C@@]2(CC[C@@H]3C(C)(C)CCC[C@]31C)CO2. The fraction of sp³-hybridized carbons (Fsp3) is 0.850. The van der Waals surface area contributed by atoms with Gasteiger partial charge in [0.25, 0.3) is 0 Å². The summed E-state index contributed by atoms with van der Waals surface area (Å²) < 4.78 is 6.01. The van der Waals surface area contributed by atoms with Gasteiger partial charge >= 0.3 is 5.97 Å². The molecule has 3 fully saturated rings. The molecule has 1 aliphatic heterocycles. The molecule has 1 spiro atoms. The molecule has 2 aliphatic carbocycles. The van der Waals surface area contributed by atoms with Crippen molar-refractivity contribution in [1.29, 1.82) is 0 Å². The van der Waals surface area contributed by atoms with E-state index in [0.29, 0.717) is 16.7 Å². The molecule has 23 heavy (non-hydrogen) atoms. The molecule has 0 unspecified atom stereocenters. The van der Waals surface area contributed by atoms with Gasteiger partial charge in [-0.15, -0.1) is 0 Å². The van der Waals surface area contributed by atoms with Crippen molar-refractivity contribution in [2.45, 2.75) is 78.2 Å². The number of fused-ring (bicyclic) bond motifs is 1. The van der Waals surface area contributed by atoms with Crippen LogP contribution in [-0.2, 0) is 9.53 Å². The smallest absolute Gasteiger partial charge is 0.328 e. The summed E-state index contributed by atoms with van der Waals surface area (Å²) in [5.74, 6) is 0.518. The van der Waals surface area contributed by atoms with Crippen LogP contribution in [0.3, 0.4) is 0 Å². The van der Waals surface area contributed by atoms with E-state index in [1.807, 2.05) is 6.92 Å². The molecule has 3 aliphatic rings. The number of ether oxygens (including phenoxy) is 1.